The van der Waals surface area contributed by atoms with Gasteiger partial charge in [-0.3, -0.25) is 4.79 Å². The molecule has 2 heterocycles. The number of nitrogens with one attached hydrogen (secondary N) is 1. The molecule has 4 heteroatoms. The number of carbonyl (C=O) groups excluding carboxylic acids is 1. The van der Waals surface area contributed by atoms with E-state index >= 15 is 0 Å². The highest BCUT2D eigenvalue weighted by Gasteiger charge is 2.40. The Hall–Kier alpha value is -1.26. The molecule has 0 aromatic heterocycles. The van der Waals surface area contributed by atoms with E-state index in [1.54, 1.807) is 11.8 Å². The van der Waals surface area contributed by atoms with Crippen molar-refractivity contribution in [2.75, 3.05) is 6.54 Å². The quantitative estimate of drug-likeness (QED) is 0.783. The molecule has 0 radical (unpaired) electrons. The zero-order valence-corrected chi connectivity index (χ0v) is 10.1. The van der Waals surface area contributed by atoms with Gasteiger partial charge >= 0.3 is 0 Å². The fourth-order valence-electron chi connectivity index (χ4n) is 2.31. The molecule has 0 bridgehead atoms. The Bertz CT molecular complexity index is 472. The molecule has 3 N–H and O–H groups in total. The minimum atomic E-state index is -0.0704. The van der Waals surface area contributed by atoms with Gasteiger partial charge in [0.05, 0.1) is 5.92 Å². The van der Waals surface area contributed by atoms with Crippen LogP contribution in [0.3, 0.4) is 0 Å². The van der Waals surface area contributed by atoms with Crippen LogP contribution in [0.4, 0.5) is 0 Å². The predicted octanol–water partition coefficient (Wildman–Crippen LogP) is 1.22. The topological polar surface area (TPSA) is 55.1 Å². The van der Waals surface area contributed by atoms with Crippen LogP contribution in [0, 0.1) is 5.92 Å². The van der Waals surface area contributed by atoms with E-state index in [-0.39, 0.29) is 23.1 Å². The van der Waals surface area contributed by atoms with Crippen LogP contribution in [0.25, 0.3) is 4.91 Å². The van der Waals surface area contributed by atoms with E-state index in [9.17, 15) is 4.79 Å². The van der Waals surface area contributed by atoms with Crippen LogP contribution in [0.15, 0.2) is 36.4 Å². The number of piperidine rings is 1. The number of hydrogen-bond donors (Lipinski definition) is 2. The van der Waals surface area contributed by atoms with Gasteiger partial charge in [-0.15, -0.1) is 11.8 Å². The number of thioether (sulfide) groups is 1. The number of rotatable bonds is 1. The number of hydrogen-bond acceptors (Lipinski definition) is 3. The van der Waals surface area contributed by atoms with E-state index in [0.29, 0.717) is 6.54 Å². The Morgan fingerprint density at radius 3 is 2.76 bits per heavy atom. The maximum Gasteiger partial charge on any atom is 0.228 e. The number of carbonyl (C=O) groups is 1. The van der Waals surface area contributed by atoms with E-state index in [4.69, 9.17) is 5.73 Å². The van der Waals surface area contributed by atoms with E-state index in [2.05, 4.69) is 23.5 Å². The highest BCUT2D eigenvalue weighted by Crippen LogP contribution is 2.44. The molecule has 3 rings (SSSR count). The van der Waals surface area contributed by atoms with E-state index in [1.807, 2.05) is 18.2 Å². The molecule has 0 spiro atoms. The molecule has 2 aliphatic heterocycles. The van der Waals surface area contributed by atoms with Gasteiger partial charge in [-0.2, -0.15) is 0 Å². The summed E-state index contributed by atoms with van der Waals surface area (Å²) in [5, 5.41) is 3.05. The van der Waals surface area contributed by atoms with Crippen molar-refractivity contribution < 1.29 is 4.79 Å². The lowest BCUT2D eigenvalue weighted by Gasteiger charge is -2.29. The second-order valence-corrected chi connectivity index (χ2v) is 5.63. The fourth-order valence-corrected chi connectivity index (χ4v) is 3.73. The Morgan fingerprint density at radius 1 is 1.29 bits per heavy atom. The number of benzene rings is 1. The average Bonchev–Trinajstić information content (AvgIpc) is 2.81. The summed E-state index contributed by atoms with van der Waals surface area (Å²) >= 11 is 1.73. The summed E-state index contributed by atoms with van der Waals surface area (Å²) in [6, 6.07) is 10.2. The van der Waals surface area contributed by atoms with Gasteiger partial charge in [0.2, 0.25) is 5.91 Å². The fraction of sp³-hybridized carbons (Fsp3) is 0.308. The van der Waals surface area contributed by atoms with Gasteiger partial charge in [-0.25, -0.2) is 0 Å². The van der Waals surface area contributed by atoms with Crippen molar-refractivity contribution in [1.82, 2.24) is 5.32 Å². The summed E-state index contributed by atoms with van der Waals surface area (Å²) in [5.74, 6) is 0.0362. The monoisotopic (exact) mass is 246 g/mol. The zero-order chi connectivity index (χ0) is 11.8. The molecule has 1 saturated heterocycles. The molecule has 0 saturated carbocycles. The summed E-state index contributed by atoms with van der Waals surface area (Å²) in [6.07, 6.45) is 2.05. The van der Waals surface area contributed by atoms with Crippen LogP contribution in [-0.2, 0) is 4.79 Å². The first kappa shape index (κ1) is 10.9. The molecule has 88 valence electrons. The molecule has 17 heavy (non-hydrogen) atoms. The first-order valence-electron chi connectivity index (χ1n) is 5.73. The van der Waals surface area contributed by atoms with Gasteiger partial charge in [0.15, 0.2) is 0 Å². The van der Waals surface area contributed by atoms with Gasteiger partial charge < -0.3 is 11.1 Å². The maximum absolute atomic E-state index is 11.8. The minimum absolute atomic E-state index is 0.0418. The second kappa shape index (κ2) is 4.20. The lowest BCUT2D eigenvalue weighted by Crippen LogP contribution is -2.54. The third-order valence-corrected chi connectivity index (χ3v) is 4.78. The van der Waals surface area contributed by atoms with Crippen molar-refractivity contribution in [3.8, 4) is 0 Å². The van der Waals surface area contributed by atoms with Crippen molar-refractivity contribution in [3.05, 3.63) is 42.0 Å². The minimum Gasteiger partial charge on any atom is -0.354 e. The van der Waals surface area contributed by atoms with Crippen LogP contribution in [-0.4, -0.2) is 23.7 Å². The van der Waals surface area contributed by atoms with Crippen molar-refractivity contribution >= 4 is 22.6 Å². The van der Waals surface area contributed by atoms with Crippen LogP contribution in [0.1, 0.15) is 5.56 Å². The van der Waals surface area contributed by atoms with Gasteiger partial charge in [0.1, 0.15) is 0 Å². The molecule has 1 amide bonds. The normalized spacial score (nSPS) is 31.7. The van der Waals surface area contributed by atoms with E-state index in [0.717, 1.165) is 0 Å². The molecule has 3 atom stereocenters. The Kier molecular flexibility index (Phi) is 2.68. The summed E-state index contributed by atoms with van der Waals surface area (Å²) < 4.78 is 0. The smallest absolute Gasteiger partial charge is 0.228 e. The molecule has 3 nitrogen and oxygen atoms in total. The largest absolute Gasteiger partial charge is 0.354 e. The highest BCUT2D eigenvalue weighted by atomic mass is 32.2. The molecule has 1 aromatic carbocycles. The third-order valence-electron chi connectivity index (χ3n) is 3.24. The number of nitrogens with two attached hydrogens (primary N) is 1. The van der Waals surface area contributed by atoms with Crippen LogP contribution >= 0.6 is 11.8 Å². The molecule has 2 aliphatic rings. The summed E-state index contributed by atoms with van der Waals surface area (Å²) in [7, 11) is 0. The second-order valence-electron chi connectivity index (χ2n) is 4.41. The van der Waals surface area contributed by atoms with Crippen molar-refractivity contribution in [2.45, 2.75) is 11.3 Å². The highest BCUT2D eigenvalue weighted by molar-refractivity contribution is 8.09. The average molecular weight is 246 g/mol. The molecule has 0 aliphatic carbocycles. The molecular formula is C13H14N2OS. The van der Waals surface area contributed by atoms with Crippen LogP contribution in [0.5, 0.6) is 0 Å². The molecule has 3 unspecified atom stereocenters. The summed E-state index contributed by atoms with van der Waals surface area (Å²) in [4.78, 5) is 12.9. The number of amides is 1. The zero-order valence-electron chi connectivity index (χ0n) is 9.30. The Balaban J connectivity index is 1.91. The molecule has 1 fully saturated rings. The van der Waals surface area contributed by atoms with E-state index < -0.39 is 0 Å². The summed E-state index contributed by atoms with van der Waals surface area (Å²) in [5.41, 5.74) is 7.23. The van der Waals surface area contributed by atoms with Crippen molar-refractivity contribution in [1.29, 1.82) is 0 Å². The Labute approximate surface area is 104 Å². The van der Waals surface area contributed by atoms with Crippen LogP contribution < -0.4 is 11.1 Å². The van der Waals surface area contributed by atoms with Crippen molar-refractivity contribution in [3.63, 3.8) is 0 Å². The lowest BCUT2D eigenvalue weighted by molar-refractivity contribution is -0.124. The first-order chi connectivity index (χ1) is 8.25. The van der Waals surface area contributed by atoms with E-state index in [1.165, 1.54) is 10.5 Å². The van der Waals surface area contributed by atoms with Gasteiger partial charge in [-0.1, -0.05) is 36.4 Å². The SMILES string of the molecule is NC1CNC(=O)C2C=C(c3ccccc3)SC12. The van der Waals surface area contributed by atoms with Gasteiger partial charge in [-0.05, 0) is 5.56 Å². The Morgan fingerprint density at radius 2 is 2.06 bits per heavy atom. The molecule has 1 aromatic rings. The molecular weight excluding hydrogens is 232 g/mol. The predicted molar refractivity (Wildman–Crippen MR) is 70.3 cm³/mol. The number of fused-ring (bicyclic) bond motifs is 1. The standard InChI is InChI=1S/C13H14N2OS/c14-10-7-15-13(16)9-6-11(17-12(9)10)8-4-2-1-3-5-8/h1-6,9-10,12H,7,14H2,(H,15,16). The van der Waals surface area contributed by atoms with Gasteiger partial charge in [0.25, 0.3) is 0 Å². The van der Waals surface area contributed by atoms with Gasteiger partial charge in [0, 0.05) is 22.7 Å². The maximum atomic E-state index is 11.8. The van der Waals surface area contributed by atoms with Crippen LogP contribution in [0.2, 0.25) is 0 Å². The summed E-state index contributed by atoms with van der Waals surface area (Å²) in [6.45, 7) is 0.586. The van der Waals surface area contributed by atoms with Crippen molar-refractivity contribution in [2.24, 2.45) is 11.7 Å². The third kappa shape index (κ3) is 1.87. The lowest BCUT2D eigenvalue weighted by atomic mass is 9.94. The first-order valence-corrected chi connectivity index (χ1v) is 6.61.